The highest BCUT2D eigenvalue weighted by Crippen LogP contribution is 2.21. The predicted octanol–water partition coefficient (Wildman–Crippen LogP) is -5.65. The van der Waals surface area contributed by atoms with Gasteiger partial charge in [-0.05, 0) is 0 Å². The second kappa shape index (κ2) is 3.88. The minimum atomic E-state index is -4.69. The molecule has 2 aromatic heterocycles. The van der Waals surface area contributed by atoms with Crippen LogP contribution in [0.2, 0.25) is 0 Å². The van der Waals surface area contributed by atoms with Crippen LogP contribution < -0.4 is 35.7 Å². The summed E-state index contributed by atoms with van der Waals surface area (Å²) in [6, 6.07) is 0. The molecule has 0 amide bonds. The SMILES string of the molecule is Nc1nn(O[Cl+3]([O-])([O-])[O-])cc1-c1nc(N)n(N)n1. The average Bonchev–Trinajstić information content (AvgIpc) is 2.69. The number of nitrogen functional groups attached to an aromatic ring is 3. The molecule has 13 heteroatoms. The number of hydrogen-bond donors (Lipinski definition) is 3. The predicted molar refractivity (Wildman–Crippen MR) is 46.8 cm³/mol. The van der Waals surface area contributed by atoms with E-state index in [0.29, 0.717) is 4.85 Å². The first-order valence-electron chi connectivity index (χ1n) is 4.20. The highest BCUT2D eigenvalue weighted by atomic mass is 35.7. The van der Waals surface area contributed by atoms with Gasteiger partial charge >= 0.3 is 0 Å². The first-order valence-corrected chi connectivity index (χ1v) is 5.43. The topological polar surface area (TPSA) is 205 Å². The van der Waals surface area contributed by atoms with Gasteiger partial charge in [-0.3, -0.25) is 0 Å². The van der Waals surface area contributed by atoms with Crippen molar-refractivity contribution in [3.63, 3.8) is 0 Å². The van der Waals surface area contributed by atoms with Crippen LogP contribution in [0.15, 0.2) is 6.20 Å². The van der Waals surface area contributed by atoms with Crippen LogP contribution in [0.5, 0.6) is 0 Å². The maximum atomic E-state index is 10.3. The maximum absolute atomic E-state index is 10.3. The zero-order valence-corrected chi connectivity index (χ0v) is 9.31. The van der Waals surface area contributed by atoms with Gasteiger partial charge in [-0.25, -0.2) is 0 Å². The van der Waals surface area contributed by atoms with Gasteiger partial charge in [-0.1, -0.05) is 0 Å². The van der Waals surface area contributed by atoms with E-state index in [1.165, 1.54) is 0 Å². The fourth-order valence-electron chi connectivity index (χ4n) is 1.11. The van der Waals surface area contributed by atoms with Crippen molar-refractivity contribution in [2.24, 2.45) is 0 Å². The first kappa shape index (κ1) is 12.2. The average molecular weight is 279 g/mol. The van der Waals surface area contributed by atoms with Gasteiger partial charge in [0.05, 0.1) is 16.2 Å². The van der Waals surface area contributed by atoms with E-state index in [9.17, 15) is 14.0 Å². The Kier molecular flexibility index (Phi) is 2.63. The summed E-state index contributed by atoms with van der Waals surface area (Å²) in [5, 5.41) is 7.12. The normalized spacial score (nSPS) is 11.7. The summed E-state index contributed by atoms with van der Waals surface area (Å²) >= 11 is 0. The molecule has 2 aromatic rings. The summed E-state index contributed by atoms with van der Waals surface area (Å²) in [6.07, 6.45) is 0.993. The maximum Gasteiger partial charge on any atom is 0.239 e. The van der Waals surface area contributed by atoms with Gasteiger partial charge in [0.25, 0.3) is 0 Å². The van der Waals surface area contributed by atoms with E-state index in [1.807, 2.05) is 0 Å². The van der Waals surface area contributed by atoms with Gasteiger partial charge in [-0.15, -0.1) is 15.0 Å². The monoisotopic (exact) mass is 278 g/mol. The Hall–Kier alpha value is -2.28. The van der Waals surface area contributed by atoms with E-state index in [1.54, 1.807) is 0 Å². The van der Waals surface area contributed by atoms with E-state index in [4.69, 9.17) is 17.3 Å². The standard InChI is InChI=1S/C5H7ClN8O4/c7-3-2(4-10-5(8)14(9)12-4)1-13(11-3)18-6(15,16)17/h1H,9H2,(H2,7,11)(H2,8,10,12). The lowest BCUT2D eigenvalue weighted by atomic mass is 10.3. The van der Waals surface area contributed by atoms with Crippen LogP contribution >= 0.6 is 0 Å². The minimum Gasteiger partial charge on any atom is -0.381 e. The number of aromatic nitrogens is 5. The third-order valence-corrected chi connectivity index (χ3v) is 2.09. The Morgan fingerprint density at radius 3 is 2.39 bits per heavy atom. The lowest BCUT2D eigenvalue weighted by Gasteiger charge is -2.09. The fraction of sp³-hybridized carbons (Fsp3) is 0. The molecule has 6 N–H and O–H groups in total. The van der Waals surface area contributed by atoms with E-state index in [-0.39, 0.29) is 23.2 Å². The molecule has 0 unspecified atom stereocenters. The van der Waals surface area contributed by atoms with Gasteiger partial charge in [-0.2, -0.15) is 19.0 Å². The number of hydrogen-bond acceptors (Lipinski definition) is 10. The van der Waals surface area contributed by atoms with Gasteiger partial charge in [0, 0.05) is 4.85 Å². The molecule has 0 aliphatic heterocycles. The van der Waals surface area contributed by atoms with Crippen molar-refractivity contribution in [3.05, 3.63) is 6.20 Å². The molecule has 18 heavy (non-hydrogen) atoms. The van der Waals surface area contributed by atoms with Gasteiger partial charge in [0.15, 0.2) is 21.9 Å². The zero-order valence-electron chi connectivity index (χ0n) is 8.56. The molecule has 12 nitrogen and oxygen atoms in total. The molecule has 0 atom stereocenters. The summed E-state index contributed by atoms with van der Waals surface area (Å²) < 4.78 is 34.9. The summed E-state index contributed by atoms with van der Waals surface area (Å²) in [4.78, 5) is 4.89. The number of halogens is 1. The highest BCUT2D eigenvalue weighted by Gasteiger charge is 2.24. The quantitative estimate of drug-likeness (QED) is 0.453. The Bertz CT molecular complexity index is 553. The van der Waals surface area contributed by atoms with Crippen LogP contribution in [-0.2, 0) is 0 Å². The molecule has 0 fully saturated rings. The van der Waals surface area contributed by atoms with Gasteiger partial charge < -0.3 is 17.3 Å². The molecule has 0 aliphatic rings. The third kappa shape index (κ3) is 2.35. The molecule has 0 aliphatic carbocycles. The molecule has 0 bridgehead atoms. The van der Waals surface area contributed by atoms with Crippen LogP contribution in [0, 0.1) is 10.2 Å². The summed E-state index contributed by atoms with van der Waals surface area (Å²) in [5.41, 5.74) is 10.9. The molecule has 0 aromatic carbocycles. The van der Waals surface area contributed by atoms with E-state index >= 15 is 0 Å². The van der Waals surface area contributed by atoms with E-state index in [0.717, 1.165) is 11.0 Å². The summed E-state index contributed by atoms with van der Waals surface area (Å²) in [5.74, 6) is 5.05. The van der Waals surface area contributed by atoms with Crippen LogP contribution in [0.1, 0.15) is 0 Å². The zero-order chi connectivity index (χ0) is 13.5. The second-order valence-electron chi connectivity index (χ2n) is 3.02. The summed E-state index contributed by atoms with van der Waals surface area (Å²) in [6.45, 7) is 0. The van der Waals surface area contributed by atoms with Crippen LogP contribution in [-0.4, -0.2) is 24.8 Å². The number of nitrogens with two attached hydrogens (primary N) is 3. The molecular formula is C5H7ClN8O4. The number of anilines is 2. The number of nitrogens with zero attached hydrogens (tertiary/aromatic N) is 5. The van der Waals surface area contributed by atoms with Gasteiger partial charge in [0.2, 0.25) is 5.95 Å². The van der Waals surface area contributed by atoms with E-state index in [2.05, 4.69) is 19.6 Å². The van der Waals surface area contributed by atoms with Crippen molar-refractivity contribution < 1.29 is 28.6 Å². The lowest BCUT2D eigenvalue weighted by Crippen LogP contribution is -2.65. The van der Waals surface area contributed by atoms with Gasteiger partial charge in [0.1, 0.15) is 0 Å². The first-order chi connectivity index (χ1) is 8.26. The van der Waals surface area contributed by atoms with Crippen molar-refractivity contribution in [1.82, 2.24) is 24.8 Å². The lowest BCUT2D eigenvalue weighted by molar-refractivity contribution is -1.92. The highest BCUT2D eigenvalue weighted by molar-refractivity contribution is 5.67. The molecule has 0 saturated carbocycles. The Morgan fingerprint density at radius 1 is 1.22 bits per heavy atom. The molecule has 0 saturated heterocycles. The second-order valence-corrected chi connectivity index (χ2v) is 3.91. The van der Waals surface area contributed by atoms with Crippen molar-refractivity contribution >= 4 is 11.8 Å². The number of rotatable bonds is 3. The molecule has 2 heterocycles. The van der Waals surface area contributed by atoms with Crippen LogP contribution in [0.3, 0.4) is 0 Å². The molecule has 0 radical (unpaired) electrons. The third-order valence-electron chi connectivity index (χ3n) is 1.78. The van der Waals surface area contributed by atoms with Crippen molar-refractivity contribution in [1.29, 1.82) is 0 Å². The molecule has 0 spiro atoms. The Labute approximate surface area is 101 Å². The Balaban J connectivity index is 2.35. The molecular weight excluding hydrogens is 272 g/mol. The molecule has 2 rings (SSSR count). The summed E-state index contributed by atoms with van der Waals surface area (Å²) in [7, 11) is -4.69. The van der Waals surface area contributed by atoms with Crippen molar-refractivity contribution in [3.8, 4) is 11.4 Å². The Morgan fingerprint density at radius 2 is 1.89 bits per heavy atom. The molecule has 98 valence electrons. The minimum absolute atomic E-state index is 0.00214. The van der Waals surface area contributed by atoms with E-state index < -0.39 is 10.2 Å². The van der Waals surface area contributed by atoms with Crippen LogP contribution in [0.25, 0.3) is 11.4 Å². The van der Waals surface area contributed by atoms with Crippen molar-refractivity contribution in [2.45, 2.75) is 0 Å². The van der Waals surface area contributed by atoms with Crippen molar-refractivity contribution in [2.75, 3.05) is 17.3 Å². The fourth-order valence-corrected chi connectivity index (χ4v) is 1.35. The smallest absolute Gasteiger partial charge is 0.239 e. The van der Waals surface area contributed by atoms with Crippen LogP contribution in [0.4, 0.5) is 11.8 Å². The largest absolute Gasteiger partial charge is 0.381 e.